The van der Waals surface area contributed by atoms with Crippen molar-refractivity contribution in [1.82, 2.24) is 9.88 Å². The molecule has 5 nitrogen and oxygen atoms in total. The van der Waals surface area contributed by atoms with E-state index in [2.05, 4.69) is 16.0 Å². The molecule has 2 aromatic rings. The van der Waals surface area contributed by atoms with E-state index in [1.165, 1.54) is 4.90 Å². The number of alkyl halides is 3. The molecule has 0 bridgehead atoms. The van der Waals surface area contributed by atoms with Crippen LogP contribution in [-0.2, 0) is 4.74 Å². The van der Waals surface area contributed by atoms with Crippen molar-refractivity contribution in [1.29, 1.82) is 5.26 Å². The van der Waals surface area contributed by atoms with Crippen LogP contribution in [0.3, 0.4) is 0 Å². The van der Waals surface area contributed by atoms with Crippen LogP contribution in [0.4, 0.5) is 18.9 Å². The fourth-order valence-corrected chi connectivity index (χ4v) is 4.54. The first kappa shape index (κ1) is 19.9. The molecular formula is C21H23F3N4O. The molecule has 2 aliphatic heterocycles. The number of hydrogen-bond donors (Lipinski definition) is 0. The lowest BCUT2D eigenvalue weighted by Crippen LogP contribution is -2.53. The summed E-state index contributed by atoms with van der Waals surface area (Å²) in [5.41, 5.74) is 2.08. The highest BCUT2D eigenvalue weighted by Crippen LogP contribution is 2.34. The Morgan fingerprint density at radius 3 is 2.86 bits per heavy atom. The van der Waals surface area contributed by atoms with Crippen molar-refractivity contribution in [2.24, 2.45) is 0 Å². The van der Waals surface area contributed by atoms with Crippen LogP contribution in [0.1, 0.15) is 25.3 Å². The number of nitrogens with zero attached hydrogens (tertiary/aromatic N) is 4. The molecule has 1 aromatic heterocycles. The van der Waals surface area contributed by atoms with Crippen LogP contribution in [-0.4, -0.2) is 60.5 Å². The number of halogens is 3. The lowest BCUT2D eigenvalue weighted by atomic mass is 10.1. The number of ether oxygens (including phenoxy) is 1. The van der Waals surface area contributed by atoms with E-state index < -0.39 is 12.2 Å². The number of anilines is 1. The van der Waals surface area contributed by atoms with Gasteiger partial charge >= 0.3 is 6.18 Å². The normalized spacial score (nSPS) is 26.0. The van der Waals surface area contributed by atoms with Crippen LogP contribution >= 0.6 is 0 Å². The highest BCUT2D eigenvalue weighted by Gasteiger charge is 2.46. The summed E-state index contributed by atoms with van der Waals surface area (Å²) in [5.74, 6) is 0. The minimum Gasteiger partial charge on any atom is -0.370 e. The van der Waals surface area contributed by atoms with Crippen molar-refractivity contribution in [3.63, 3.8) is 0 Å². The third-order valence-electron chi connectivity index (χ3n) is 5.71. The zero-order chi connectivity index (χ0) is 20.6. The number of fused-ring (bicyclic) bond motifs is 1. The summed E-state index contributed by atoms with van der Waals surface area (Å²) in [5, 5.41) is 10.2. The van der Waals surface area contributed by atoms with Gasteiger partial charge in [-0.25, -0.2) is 0 Å². The summed E-state index contributed by atoms with van der Waals surface area (Å²) in [6.07, 6.45) is -2.26. The molecule has 0 spiro atoms. The predicted octanol–water partition coefficient (Wildman–Crippen LogP) is 3.73. The zero-order valence-electron chi connectivity index (χ0n) is 16.2. The van der Waals surface area contributed by atoms with Gasteiger partial charge in [0.25, 0.3) is 0 Å². The molecule has 2 saturated heterocycles. The second-order valence-electron chi connectivity index (χ2n) is 7.81. The van der Waals surface area contributed by atoms with Gasteiger partial charge in [-0.3, -0.25) is 9.88 Å². The van der Waals surface area contributed by atoms with Crippen molar-refractivity contribution in [3.05, 3.63) is 36.0 Å². The molecular weight excluding hydrogens is 381 g/mol. The van der Waals surface area contributed by atoms with Crippen LogP contribution in [0.15, 0.2) is 30.5 Å². The first-order valence-corrected chi connectivity index (χ1v) is 9.86. The Morgan fingerprint density at radius 1 is 1.28 bits per heavy atom. The second kappa shape index (κ2) is 7.81. The summed E-state index contributed by atoms with van der Waals surface area (Å²) < 4.78 is 45.9. The first-order valence-electron chi connectivity index (χ1n) is 9.86. The van der Waals surface area contributed by atoms with Gasteiger partial charge in [-0.15, -0.1) is 0 Å². The van der Waals surface area contributed by atoms with Crippen molar-refractivity contribution in [2.45, 2.75) is 44.2 Å². The first-order chi connectivity index (χ1) is 13.9. The molecule has 3 atom stereocenters. The van der Waals surface area contributed by atoms with Gasteiger partial charge in [-0.05, 0) is 50.6 Å². The summed E-state index contributed by atoms with van der Waals surface area (Å²) in [6, 6.07) is 8.18. The summed E-state index contributed by atoms with van der Waals surface area (Å²) in [4.78, 5) is 8.01. The van der Waals surface area contributed by atoms with Crippen LogP contribution in [0, 0.1) is 11.3 Å². The maximum absolute atomic E-state index is 13.3. The lowest BCUT2D eigenvalue weighted by Gasteiger charge is -2.40. The third-order valence-corrected chi connectivity index (χ3v) is 5.71. The fourth-order valence-electron chi connectivity index (χ4n) is 4.54. The number of nitriles is 1. The highest BCUT2D eigenvalue weighted by atomic mass is 19.4. The van der Waals surface area contributed by atoms with Gasteiger partial charge in [0.1, 0.15) is 12.1 Å². The molecule has 0 N–H and O–H groups in total. The quantitative estimate of drug-likeness (QED) is 0.780. The van der Waals surface area contributed by atoms with E-state index in [1.54, 1.807) is 12.3 Å². The van der Waals surface area contributed by atoms with Gasteiger partial charge in [0.05, 0.1) is 23.3 Å². The Balaban J connectivity index is 1.57. The second-order valence-corrected chi connectivity index (χ2v) is 7.81. The Bertz CT molecular complexity index is 926. The van der Waals surface area contributed by atoms with Gasteiger partial charge < -0.3 is 9.64 Å². The molecule has 1 aromatic carbocycles. The maximum atomic E-state index is 13.3. The van der Waals surface area contributed by atoms with E-state index in [-0.39, 0.29) is 25.2 Å². The summed E-state index contributed by atoms with van der Waals surface area (Å²) >= 11 is 0. The smallest absolute Gasteiger partial charge is 0.370 e. The van der Waals surface area contributed by atoms with E-state index in [9.17, 15) is 18.4 Å². The fraction of sp³-hybridized carbons (Fsp3) is 0.524. The predicted molar refractivity (Wildman–Crippen MR) is 104 cm³/mol. The number of aromatic nitrogens is 1. The molecule has 0 saturated carbocycles. The number of benzene rings is 1. The van der Waals surface area contributed by atoms with E-state index in [4.69, 9.17) is 4.74 Å². The van der Waals surface area contributed by atoms with E-state index in [0.29, 0.717) is 37.1 Å². The number of morpholine rings is 1. The van der Waals surface area contributed by atoms with Crippen molar-refractivity contribution >= 4 is 16.6 Å². The van der Waals surface area contributed by atoms with E-state index in [1.807, 2.05) is 25.1 Å². The molecule has 2 fully saturated rings. The molecule has 0 aliphatic carbocycles. The molecule has 0 unspecified atom stereocenters. The Morgan fingerprint density at radius 2 is 2.10 bits per heavy atom. The van der Waals surface area contributed by atoms with Crippen LogP contribution in [0.2, 0.25) is 0 Å². The average molecular weight is 404 g/mol. The largest absolute Gasteiger partial charge is 0.404 e. The van der Waals surface area contributed by atoms with Gasteiger partial charge in [-0.1, -0.05) is 0 Å². The number of likely N-dealkylation sites (tertiary alicyclic amines) is 1. The molecule has 154 valence electrons. The van der Waals surface area contributed by atoms with Gasteiger partial charge in [0.15, 0.2) is 0 Å². The van der Waals surface area contributed by atoms with Crippen LogP contribution < -0.4 is 4.90 Å². The maximum Gasteiger partial charge on any atom is 0.404 e. The molecule has 29 heavy (non-hydrogen) atoms. The highest BCUT2D eigenvalue weighted by molar-refractivity contribution is 5.95. The minimum atomic E-state index is -4.20. The average Bonchev–Trinajstić information content (AvgIpc) is 3.15. The SMILES string of the molecule is C[C@@H]1CN(c2ccc(C#N)c3ncccc23)C[C@H](CN2CCC[C@H]2C(F)(F)F)O1. The van der Waals surface area contributed by atoms with Gasteiger partial charge in [0, 0.05) is 36.9 Å². The molecule has 0 radical (unpaired) electrons. The number of pyridine rings is 1. The van der Waals surface area contributed by atoms with Crippen LogP contribution in [0.25, 0.3) is 10.9 Å². The lowest BCUT2D eigenvalue weighted by molar-refractivity contribution is -0.180. The van der Waals surface area contributed by atoms with Crippen molar-refractivity contribution < 1.29 is 17.9 Å². The van der Waals surface area contributed by atoms with Crippen LogP contribution in [0.5, 0.6) is 0 Å². The molecule has 3 heterocycles. The topological polar surface area (TPSA) is 52.4 Å². The summed E-state index contributed by atoms with van der Waals surface area (Å²) in [7, 11) is 0. The molecule has 2 aliphatic rings. The van der Waals surface area contributed by atoms with E-state index in [0.717, 1.165) is 11.1 Å². The Hall–Kier alpha value is -2.37. The van der Waals surface area contributed by atoms with Gasteiger partial charge in [0.2, 0.25) is 0 Å². The van der Waals surface area contributed by atoms with Crippen molar-refractivity contribution in [2.75, 3.05) is 31.1 Å². The van der Waals surface area contributed by atoms with Gasteiger partial charge in [-0.2, -0.15) is 18.4 Å². The number of hydrogen-bond acceptors (Lipinski definition) is 5. The standard InChI is InChI=1S/C21H23F3N4O/c1-14-11-28(18-7-6-15(10-25)20-17(18)4-2-8-26-20)13-16(29-14)12-27-9-3-5-19(27)21(22,23)24/h2,4,6-8,14,16,19H,3,5,9,11-13H2,1H3/t14-,16+,19+/m1/s1. The summed E-state index contributed by atoms with van der Waals surface area (Å²) in [6.45, 7) is 3.78. The van der Waals surface area contributed by atoms with Crippen molar-refractivity contribution in [3.8, 4) is 6.07 Å². The zero-order valence-corrected chi connectivity index (χ0v) is 16.2. The molecule has 4 rings (SSSR count). The minimum absolute atomic E-state index is 0.108. The third kappa shape index (κ3) is 4.02. The Kier molecular flexibility index (Phi) is 5.36. The monoisotopic (exact) mass is 404 g/mol. The molecule has 0 amide bonds. The van der Waals surface area contributed by atoms with E-state index >= 15 is 0 Å². The Labute approximate surface area is 167 Å². The number of rotatable bonds is 3. The molecule has 8 heteroatoms.